The lowest BCUT2D eigenvalue weighted by atomic mass is 9.95. The predicted octanol–water partition coefficient (Wildman–Crippen LogP) is 2.98. The monoisotopic (exact) mass is 296 g/mol. The second kappa shape index (κ2) is 5.99. The normalized spacial score (nSPS) is 36.2. The van der Waals surface area contributed by atoms with E-state index in [0.29, 0.717) is 32.5 Å². The summed E-state index contributed by atoms with van der Waals surface area (Å²) in [5, 5.41) is 0. The SMILES string of the molecule is CC1(C)COC(C)(COCOCC2CC3C=CC2C3)OC1. The maximum atomic E-state index is 5.79. The molecule has 1 heterocycles. The van der Waals surface area contributed by atoms with Gasteiger partial charge in [-0.05, 0) is 37.5 Å². The van der Waals surface area contributed by atoms with Crippen LogP contribution in [0.3, 0.4) is 0 Å². The number of rotatable bonds is 6. The molecule has 21 heavy (non-hydrogen) atoms. The Hall–Kier alpha value is -0.420. The van der Waals surface area contributed by atoms with Gasteiger partial charge in [-0.15, -0.1) is 0 Å². The fraction of sp³-hybridized carbons (Fsp3) is 0.882. The highest BCUT2D eigenvalue weighted by Gasteiger charge is 2.37. The van der Waals surface area contributed by atoms with Crippen LogP contribution in [0.4, 0.5) is 0 Å². The van der Waals surface area contributed by atoms with Crippen LogP contribution in [-0.4, -0.2) is 39.0 Å². The van der Waals surface area contributed by atoms with Gasteiger partial charge < -0.3 is 18.9 Å². The molecule has 2 fully saturated rings. The Morgan fingerprint density at radius 2 is 1.81 bits per heavy atom. The highest BCUT2D eigenvalue weighted by atomic mass is 16.7. The van der Waals surface area contributed by atoms with Gasteiger partial charge in [-0.2, -0.15) is 0 Å². The summed E-state index contributed by atoms with van der Waals surface area (Å²) < 4.78 is 22.9. The molecular formula is C17H28O4. The number of hydrogen-bond donors (Lipinski definition) is 0. The summed E-state index contributed by atoms with van der Waals surface area (Å²) >= 11 is 0. The fourth-order valence-corrected chi connectivity index (χ4v) is 3.43. The van der Waals surface area contributed by atoms with Gasteiger partial charge in [0.15, 0.2) is 5.79 Å². The van der Waals surface area contributed by atoms with E-state index >= 15 is 0 Å². The summed E-state index contributed by atoms with van der Waals surface area (Å²) in [6.07, 6.45) is 7.32. The minimum Gasteiger partial charge on any atom is -0.355 e. The molecule has 4 nitrogen and oxygen atoms in total. The fourth-order valence-electron chi connectivity index (χ4n) is 3.43. The number of fused-ring (bicyclic) bond motifs is 2. The van der Waals surface area contributed by atoms with E-state index in [1.165, 1.54) is 12.8 Å². The molecule has 2 bridgehead atoms. The zero-order valence-electron chi connectivity index (χ0n) is 13.5. The molecule has 120 valence electrons. The lowest BCUT2D eigenvalue weighted by Crippen LogP contribution is -2.48. The van der Waals surface area contributed by atoms with Crippen LogP contribution in [0.15, 0.2) is 12.2 Å². The molecule has 2 aliphatic carbocycles. The van der Waals surface area contributed by atoms with Crippen LogP contribution >= 0.6 is 0 Å². The largest absolute Gasteiger partial charge is 0.355 e. The molecule has 3 aliphatic rings. The zero-order valence-corrected chi connectivity index (χ0v) is 13.5. The third-order valence-corrected chi connectivity index (χ3v) is 4.82. The van der Waals surface area contributed by atoms with Gasteiger partial charge in [0.1, 0.15) is 13.4 Å². The maximum absolute atomic E-state index is 5.79. The summed E-state index contributed by atoms with van der Waals surface area (Å²) in [5.74, 6) is 1.59. The summed E-state index contributed by atoms with van der Waals surface area (Å²) in [5.41, 5.74) is 0.0886. The molecule has 1 aliphatic heterocycles. The topological polar surface area (TPSA) is 36.9 Å². The van der Waals surface area contributed by atoms with Crippen molar-refractivity contribution in [3.63, 3.8) is 0 Å². The van der Waals surface area contributed by atoms with Crippen LogP contribution in [0.5, 0.6) is 0 Å². The van der Waals surface area contributed by atoms with E-state index in [9.17, 15) is 0 Å². The molecule has 0 aromatic carbocycles. The number of ether oxygens (including phenoxy) is 4. The van der Waals surface area contributed by atoms with Crippen molar-refractivity contribution >= 4 is 0 Å². The number of hydrogen-bond acceptors (Lipinski definition) is 4. The lowest BCUT2D eigenvalue weighted by Gasteiger charge is -2.41. The highest BCUT2D eigenvalue weighted by Crippen LogP contribution is 2.43. The Morgan fingerprint density at radius 3 is 2.43 bits per heavy atom. The molecule has 0 spiro atoms. The summed E-state index contributed by atoms with van der Waals surface area (Å²) in [4.78, 5) is 0. The summed E-state index contributed by atoms with van der Waals surface area (Å²) in [6.45, 7) is 9.15. The van der Waals surface area contributed by atoms with Gasteiger partial charge >= 0.3 is 0 Å². The smallest absolute Gasteiger partial charge is 0.189 e. The van der Waals surface area contributed by atoms with Crippen molar-refractivity contribution < 1.29 is 18.9 Å². The highest BCUT2D eigenvalue weighted by molar-refractivity contribution is 5.09. The Morgan fingerprint density at radius 1 is 1.05 bits per heavy atom. The summed E-state index contributed by atoms with van der Waals surface area (Å²) in [7, 11) is 0. The zero-order chi connectivity index (χ0) is 14.9. The van der Waals surface area contributed by atoms with Crippen molar-refractivity contribution in [1.29, 1.82) is 0 Å². The van der Waals surface area contributed by atoms with Gasteiger partial charge in [-0.1, -0.05) is 26.0 Å². The molecule has 3 atom stereocenters. The molecule has 0 amide bonds. The third kappa shape index (κ3) is 3.86. The van der Waals surface area contributed by atoms with E-state index in [-0.39, 0.29) is 5.41 Å². The molecular weight excluding hydrogens is 268 g/mol. The van der Waals surface area contributed by atoms with Crippen molar-refractivity contribution in [2.75, 3.05) is 33.2 Å². The van der Waals surface area contributed by atoms with E-state index in [1.54, 1.807) is 0 Å². The molecule has 3 unspecified atom stereocenters. The number of allylic oxidation sites excluding steroid dienone is 2. The molecule has 1 saturated heterocycles. The Balaban J connectivity index is 1.29. The van der Waals surface area contributed by atoms with Gasteiger partial charge in [-0.25, -0.2) is 0 Å². The first-order valence-corrected chi connectivity index (χ1v) is 8.08. The van der Waals surface area contributed by atoms with Crippen LogP contribution in [0.2, 0.25) is 0 Å². The summed E-state index contributed by atoms with van der Waals surface area (Å²) in [6, 6.07) is 0. The van der Waals surface area contributed by atoms with Crippen molar-refractivity contribution in [1.82, 2.24) is 0 Å². The molecule has 4 heteroatoms. The van der Waals surface area contributed by atoms with E-state index in [2.05, 4.69) is 26.0 Å². The van der Waals surface area contributed by atoms with Crippen LogP contribution in [0, 0.1) is 23.2 Å². The minimum atomic E-state index is -0.631. The third-order valence-electron chi connectivity index (χ3n) is 4.82. The first kappa shape index (κ1) is 15.5. The van der Waals surface area contributed by atoms with Crippen LogP contribution in [0.25, 0.3) is 0 Å². The average molecular weight is 296 g/mol. The first-order valence-electron chi connectivity index (χ1n) is 8.08. The second-order valence-corrected chi connectivity index (χ2v) is 7.75. The van der Waals surface area contributed by atoms with Crippen molar-refractivity contribution in [3.05, 3.63) is 12.2 Å². The molecule has 0 N–H and O–H groups in total. The first-order chi connectivity index (χ1) is 9.96. The average Bonchev–Trinajstić information content (AvgIpc) is 3.05. The Kier molecular flexibility index (Phi) is 4.42. The Bertz CT molecular complexity index is 380. The minimum absolute atomic E-state index is 0.0886. The maximum Gasteiger partial charge on any atom is 0.189 e. The van der Waals surface area contributed by atoms with E-state index in [4.69, 9.17) is 18.9 Å². The van der Waals surface area contributed by atoms with E-state index in [0.717, 1.165) is 18.4 Å². The Labute approximate surface area is 127 Å². The van der Waals surface area contributed by atoms with E-state index in [1.807, 2.05) is 6.92 Å². The lowest BCUT2D eigenvalue weighted by molar-refractivity contribution is -0.311. The quantitative estimate of drug-likeness (QED) is 0.429. The van der Waals surface area contributed by atoms with Crippen LogP contribution in [0.1, 0.15) is 33.6 Å². The molecule has 0 aromatic heterocycles. The van der Waals surface area contributed by atoms with Gasteiger partial charge in [0, 0.05) is 5.41 Å². The molecule has 1 saturated carbocycles. The van der Waals surface area contributed by atoms with Gasteiger partial charge in [0.05, 0.1) is 19.8 Å². The molecule has 0 radical (unpaired) electrons. The van der Waals surface area contributed by atoms with Crippen LogP contribution in [-0.2, 0) is 18.9 Å². The molecule has 0 aromatic rings. The predicted molar refractivity (Wildman–Crippen MR) is 79.7 cm³/mol. The van der Waals surface area contributed by atoms with E-state index < -0.39 is 5.79 Å². The second-order valence-electron chi connectivity index (χ2n) is 7.75. The van der Waals surface area contributed by atoms with Gasteiger partial charge in [0.2, 0.25) is 0 Å². The van der Waals surface area contributed by atoms with Gasteiger partial charge in [0.25, 0.3) is 0 Å². The standard InChI is InChI=1S/C17H28O4/c1-16(2)9-20-17(3,21-10-16)11-19-12-18-8-15-7-13-4-5-14(15)6-13/h4-5,13-15H,6-12H2,1-3H3. The van der Waals surface area contributed by atoms with Crippen molar-refractivity contribution in [2.24, 2.45) is 23.2 Å². The van der Waals surface area contributed by atoms with Gasteiger partial charge in [-0.3, -0.25) is 0 Å². The van der Waals surface area contributed by atoms with Crippen LogP contribution < -0.4 is 0 Å². The van der Waals surface area contributed by atoms with Crippen molar-refractivity contribution in [3.8, 4) is 0 Å². The van der Waals surface area contributed by atoms with Crippen molar-refractivity contribution in [2.45, 2.75) is 39.4 Å². The molecule has 3 rings (SSSR count).